The topological polar surface area (TPSA) is 82.0 Å². The van der Waals surface area contributed by atoms with Gasteiger partial charge in [0.2, 0.25) is 5.69 Å². The van der Waals surface area contributed by atoms with E-state index in [-0.39, 0.29) is 6.07 Å². The highest BCUT2D eigenvalue weighted by Crippen LogP contribution is 2.37. The molecular formula is C7H4F5N3O2. The molecule has 10 heteroatoms. The summed E-state index contributed by atoms with van der Waals surface area (Å²) >= 11 is 0. The number of anilines is 1. The number of nitrogens with zero attached hydrogens (tertiary/aromatic N) is 2. The molecule has 2 N–H and O–H groups in total. The molecule has 17 heavy (non-hydrogen) atoms. The minimum Gasteiger partial charge on any atom is -0.397 e. The van der Waals surface area contributed by atoms with Gasteiger partial charge in [-0.2, -0.15) is 13.2 Å². The predicted octanol–water partition coefficient (Wildman–Crippen LogP) is 2.53. The van der Waals surface area contributed by atoms with Gasteiger partial charge in [-0.1, -0.05) is 0 Å². The molecule has 0 saturated carbocycles. The highest BCUT2D eigenvalue weighted by molar-refractivity contribution is 5.54. The summed E-state index contributed by atoms with van der Waals surface area (Å²) in [5.41, 5.74) is -0.686. The van der Waals surface area contributed by atoms with Crippen molar-refractivity contribution < 1.29 is 26.9 Å². The summed E-state index contributed by atoms with van der Waals surface area (Å²) in [7, 11) is 0. The van der Waals surface area contributed by atoms with Crippen molar-refractivity contribution in [1.29, 1.82) is 0 Å². The summed E-state index contributed by atoms with van der Waals surface area (Å²) in [5, 5.41) is 10.3. The fourth-order valence-electron chi connectivity index (χ4n) is 1.05. The van der Waals surface area contributed by atoms with Crippen LogP contribution in [0.5, 0.6) is 0 Å². The monoisotopic (exact) mass is 257 g/mol. The molecule has 0 aromatic carbocycles. The minimum absolute atomic E-state index is 0.220. The Kier molecular flexibility index (Phi) is 3.16. The van der Waals surface area contributed by atoms with E-state index < -0.39 is 40.3 Å². The predicted molar refractivity (Wildman–Crippen MR) is 45.3 cm³/mol. The summed E-state index contributed by atoms with van der Waals surface area (Å²) < 4.78 is 61.5. The standard InChI is InChI=1S/C7H4F5N3O2/c8-6(9)4-2(13)1-3(15(16)17)5(14-4)7(10,11)12/h1,6H,13H2. The Morgan fingerprint density at radius 1 is 1.41 bits per heavy atom. The Labute approximate surface area is 90.2 Å². The van der Waals surface area contributed by atoms with E-state index in [1.807, 2.05) is 0 Å². The minimum atomic E-state index is -5.21. The lowest BCUT2D eigenvalue weighted by molar-refractivity contribution is -0.388. The Hall–Kier alpha value is -2.00. The molecule has 0 spiro atoms. The van der Waals surface area contributed by atoms with E-state index in [9.17, 15) is 32.1 Å². The first-order chi connectivity index (χ1) is 7.64. The van der Waals surface area contributed by atoms with E-state index in [0.717, 1.165) is 0 Å². The molecule has 1 aromatic heterocycles. The van der Waals surface area contributed by atoms with Crippen LogP contribution in [0.3, 0.4) is 0 Å². The number of alkyl halides is 5. The third-order valence-electron chi connectivity index (χ3n) is 1.73. The smallest absolute Gasteiger partial charge is 0.397 e. The number of pyridine rings is 1. The van der Waals surface area contributed by atoms with Gasteiger partial charge in [-0.15, -0.1) is 0 Å². The molecule has 0 radical (unpaired) electrons. The molecule has 0 atom stereocenters. The molecule has 1 rings (SSSR count). The first-order valence-corrected chi connectivity index (χ1v) is 3.94. The second-order valence-electron chi connectivity index (χ2n) is 2.89. The second kappa shape index (κ2) is 4.11. The van der Waals surface area contributed by atoms with Crippen LogP contribution in [0.25, 0.3) is 0 Å². The molecule has 0 aliphatic carbocycles. The maximum Gasteiger partial charge on any atom is 0.440 e. The van der Waals surface area contributed by atoms with Crippen molar-refractivity contribution in [3.63, 3.8) is 0 Å². The van der Waals surface area contributed by atoms with Gasteiger partial charge in [0.1, 0.15) is 5.69 Å². The number of nitro groups is 1. The van der Waals surface area contributed by atoms with Gasteiger partial charge < -0.3 is 5.73 Å². The zero-order valence-corrected chi connectivity index (χ0v) is 7.83. The zero-order valence-electron chi connectivity index (χ0n) is 7.83. The van der Waals surface area contributed by atoms with Crippen molar-refractivity contribution in [3.8, 4) is 0 Å². The zero-order chi connectivity index (χ0) is 13.4. The van der Waals surface area contributed by atoms with E-state index in [0.29, 0.717) is 0 Å². The fraction of sp³-hybridized carbons (Fsp3) is 0.286. The number of nitrogen functional groups attached to an aromatic ring is 1. The maximum absolute atomic E-state index is 12.3. The summed E-state index contributed by atoms with van der Waals surface area (Å²) in [6.45, 7) is 0. The average Bonchev–Trinajstić information content (AvgIpc) is 2.14. The molecule has 0 aliphatic rings. The van der Waals surface area contributed by atoms with E-state index in [2.05, 4.69) is 4.98 Å². The first-order valence-electron chi connectivity index (χ1n) is 3.94. The molecule has 0 fully saturated rings. The van der Waals surface area contributed by atoms with Gasteiger partial charge in [0, 0.05) is 6.07 Å². The largest absolute Gasteiger partial charge is 0.440 e. The number of halogens is 5. The number of rotatable bonds is 2. The molecule has 0 amide bonds. The number of nitrogens with two attached hydrogens (primary N) is 1. The van der Waals surface area contributed by atoms with Crippen molar-refractivity contribution in [1.82, 2.24) is 4.98 Å². The lowest BCUT2D eigenvalue weighted by Gasteiger charge is -2.10. The quantitative estimate of drug-likeness (QED) is 0.501. The van der Waals surface area contributed by atoms with Gasteiger partial charge >= 0.3 is 11.9 Å². The van der Waals surface area contributed by atoms with Crippen molar-refractivity contribution in [2.75, 3.05) is 5.73 Å². The molecule has 1 aromatic rings. The van der Waals surface area contributed by atoms with Crippen LogP contribution in [0.15, 0.2) is 6.07 Å². The van der Waals surface area contributed by atoms with Crippen molar-refractivity contribution in [3.05, 3.63) is 27.6 Å². The third-order valence-corrected chi connectivity index (χ3v) is 1.73. The van der Waals surface area contributed by atoms with Gasteiger partial charge in [-0.3, -0.25) is 10.1 Å². The molecule has 0 saturated heterocycles. The lowest BCUT2D eigenvalue weighted by Crippen LogP contribution is -2.14. The third kappa shape index (κ3) is 2.57. The normalized spacial score (nSPS) is 11.9. The SMILES string of the molecule is Nc1cc([N+](=O)[O-])c(C(F)(F)F)nc1C(F)F. The van der Waals surface area contributed by atoms with Crippen molar-refractivity contribution >= 4 is 11.4 Å². The van der Waals surface area contributed by atoms with Crippen LogP contribution < -0.4 is 5.73 Å². The van der Waals surface area contributed by atoms with Crippen LogP contribution in [-0.2, 0) is 6.18 Å². The van der Waals surface area contributed by atoms with Crippen molar-refractivity contribution in [2.24, 2.45) is 0 Å². The molecule has 5 nitrogen and oxygen atoms in total. The number of hydrogen-bond donors (Lipinski definition) is 1. The maximum atomic E-state index is 12.3. The number of aromatic nitrogens is 1. The van der Waals surface area contributed by atoms with E-state index in [1.54, 1.807) is 0 Å². The Bertz CT molecular complexity index is 460. The van der Waals surface area contributed by atoms with E-state index in [4.69, 9.17) is 5.73 Å². The van der Waals surface area contributed by atoms with Gasteiger partial charge in [0.05, 0.1) is 10.6 Å². The van der Waals surface area contributed by atoms with Gasteiger partial charge in [-0.25, -0.2) is 13.8 Å². The fourth-order valence-corrected chi connectivity index (χ4v) is 1.05. The van der Waals surface area contributed by atoms with Crippen LogP contribution in [0, 0.1) is 10.1 Å². The highest BCUT2D eigenvalue weighted by Gasteiger charge is 2.41. The van der Waals surface area contributed by atoms with Crippen LogP contribution >= 0.6 is 0 Å². The van der Waals surface area contributed by atoms with Crippen LogP contribution in [0.4, 0.5) is 33.3 Å². The van der Waals surface area contributed by atoms with Crippen LogP contribution in [0.2, 0.25) is 0 Å². The molecule has 0 bridgehead atoms. The summed E-state index contributed by atoms with van der Waals surface area (Å²) in [4.78, 5) is 11.5. The average molecular weight is 257 g/mol. The first kappa shape index (κ1) is 13.1. The van der Waals surface area contributed by atoms with Gasteiger partial charge in [-0.05, 0) is 0 Å². The summed E-state index contributed by atoms with van der Waals surface area (Å²) in [6.07, 6.45) is -8.56. The number of hydrogen-bond acceptors (Lipinski definition) is 4. The van der Waals surface area contributed by atoms with Gasteiger partial charge in [0.15, 0.2) is 0 Å². The second-order valence-corrected chi connectivity index (χ2v) is 2.89. The van der Waals surface area contributed by atoms with E-state index in [1.165, 1.54) is 0 Å². The summed E-state index contributed by atoms with van der Waals surface area (Å²) in [6, 6.07) is 0.220. The Balaban J connectivity index is 3.54. The molecule has 0 unspecified atom stereocenters. The molecule has 94 valence electrons. The molecular weight excluding hydrogens is 253 g/mol. The summed E-state index contributed by atoms with van der Waals surface area (Å²) in [5.74, 6) is 0. The Morgan fingerprint density at radius 2 is 1.94 bits per heavy atom. The molecule has 1 heterocycles. The van der Waals surface area contributed by atoms with Crippen LogP contribution in [-0.4, -0.2) is 9.91 Å². The van der Waals surface area contributed by atoms with Crippen molar-refractivity contribution in [2.45, 2.75) is 12.6 Å². The van der Waals surface area contributed by atoms with Gasteiger partial charge in [0.25, 0.3) is 6.43 Å². The molecule has 0 aliphatic heterocycles. The Morgan fingerprint density at radius 3 is 2.29 bits per heavy atom. The van der Waals surface area contributed by atoms with E-state index >= 15 is 0 Å². The lowest BCUT2D eigenvalue weighted by atomic mass is 10.2. The highest BCUT2D eigenvalue weighted by atomic mass is 19.4. The van der Waals surface area contributed by atoms with Crippen LogP contribution in [0.1, 0.15) is 17.8 Å².